The largest absolute Gasteiger partial charge is 0.481 e. The van der Waals surface area contributed by atoms with Gasteiger partial charge in [-0.05, 0) is 18.9 Å². The predicted molar refractivity (Wildman–Crippen MR) is 66.0 cm³/mol. The Morgan fingerprint density at radius 1 is 1.35 bits per heavy atom. The lowest BCUT2D eigenvalue weighted by Gasteiger charge is -2.16. The summed E-state index contributed by atoms with van der Waals surface area (Å²) in [6, 6.07) is 7.90. The highest BCUT2D eigenvalue weighted by Crippen LogP contribution is 2.08. The number of carboxylic acid groups (broad SMARTS) is 1. The summed E-state index contributed by atoms with van der Waals surface area (Å²) in [5.41, 5.74) is 2.29. The van der Waals surface area contributed by atoms with E-state index in [1.54, 1.807) is 0 Å². The molecule has 17 heavy (non-hydrogen) atoms. The Morgan fingerprint density at radius 2 is 2.00 bits per heavy atom. The van der Waals surface area contributed by atoms with E-state index in [9.17, 15) is 4.79 Å². The number of nitrogens with one attached hydrogen (secondary N) is 1. The summed E-state index contributed by atoms with van der Waals surface area (Å²) in [5.74, 6) is -0.826. The third-order valence-corrected chi connectivity index (χ3v) is 2.57. The molecule has 0 aliphatic carbocycles. The van der Waals surface area contributed by atoms with Gasteiger partial charge >= 0.3 is 5.97 Å². The van der Waals surface area contributed by atoms with Crippen LogP contribution in [0.25, 0.3) is 0 Å². The van der Waals surface area contributed by atoms with Gasteiger partial charge in [-0.3, -0.25) is 4.79 Å². The third-order valence-electron chi connectivity index (χ3n) is 2.57. The summed E-state index contributed by atoms with van der Waals surface area (Å²) in [7, 11) is 0. The zero-order valence-electron chi connectivity index (χ0n) is 10.0. The number of aliphatic hydroxyl groups excluding tert-OH is 1. The molecule has 1 rings (SSSR count). The van der Waals surface area contributed by atoms with Gasteiger partial charge in [-0.25, -0.2) is 0 Å². The summed E-state index contributed by atoms with van der Waals surface area (Å²) in [6.45, 7) is 2.45. The Kier molecular flexibility index (Phi) is 5.66. The molecule has 0 aliphatic rings. The molecule has 0 radical (unpaired) electrons. The van der Waals surface area contributed by atoms with Gasteiger partial charge in [0.2, 0.25) is 0 Å². The fourth-order valence-corrected chi connectivity index (χ4v) is 1.70. The van der Waals surface area contributed by atoms with Crippen molar-refractivity contribution < 1.29 is 15.0 Å². The number of benzene rings is 1. The van der Waals surface area contributed by atoms with Crippen LogP contribution in [0.1, 0.15) is 17.5 Å². The molecule has 1 aromatic carbocycles. The van der Waals surface area contributed by atoms with Gasteiger partial charge in [-0.2, -0.15) is 0 Å². The van der Waals surface area contributed by atoms with Crippen molar-refractivity contribution in [1.82, 2.24) is 5.32 Å². The van der Waals surface area contributed by atoms with Crippen LogP contribution in [0.5, 0.6) is 0 Å². The van der Waals surface area contributed by atoms with Gasteiger partial charge < -0.3 is 15.5 Å². The van der Waals surface area contributed by atoms with Crippen LogP contribution in [0.4, 0.5) is 0 Å². The molecule has 0 amide bonds. The number of hydrogen-bond acceptors (Lipinski definition) is 3. The van der Waals surface area contributed by atoms with E-state index in [2.05, 4.69) is 5.32 Å². The molecule has 0 fully saturated rings. The topological polar surface area (TPSA) is 69.6 Å². The molecule has 0 saturated heterocycles. The highest BCUT2D eigenvalue weighted by molar-refractivity contribution is 5.67. The van der Waals surface area contributed by atoms with Gasteiger partial charge in [-0.1, -0.05) is 29.8 Å². The van der Waals surface area contributed by atoms with Crippen molar-refractivity contribution in [3.8, 4) is 0 Å². The number of hydrogen-bond donors (Lipinski definition) is 3. The predicted octanol–water partition coefficient (Wildman–Crippen LogP) is 0.963. The van der Waals surface area contributed by atoms with Crippen molar-refractivity contribution >= 4 is 5.97 Å². The summed E-state index contributed by atoms with van der Waals surface area (Å²) < 4.78 is 0. The average Bonchev–Trinajstić information content (AvgIpc) is 2.28. The Morgan fingerprint density at radius 3 is 2.53 bits per heavy atom. The Labute approximate surface area is 101 Å². The van der Waals surface area contributed by atoms with Crippen LogP contribution < -0.4 is 5.32 Å². The summed E-state index contributed by atoms with van der Waals surface area (Å²) in [4.78, 5) is 10.7. The molecule has 3 N–H and O–H groups in total. The van der Waals surface area contributed by atoms with Crippen molar-refractivity contribution in [1.29, 1.82) is 0 Å². The molecule has 0 saturated carbocycles. The molecule has 1 atom stereocenters. The van der Waals surface area contributed by atoms with E-state index in [1.165, 1.54) is 5.56 Å². The first-order valence-electron chi connectivity index (χ1n) is 5.73. The monoisotopic (exact) mass is 237 g/mol. The Hall–Kier alpha value is -1.39. The number of aryl methyl sites for hydroxylation is 1. The standard InChI is InChI=1S/C13H19NO3/c1-10-2-4-11(5-3-10)8-12(9-13(16)17)14-6-7-15/h2-5,12,14-15H,6-9H2,1H3,(H,16,17). The van der Waals surface area contributed by atoms with E-state index in [0.29, 0.717) is 13.0 Å². The quantitative estimate of drug-likeness (QED) is 0.660. The lowest BCUT2D eigenvalue weighted by Crippen LogP contribution is -2.35. The first-order chi connectivity index (χ1) is 8.11. The molecule has 4 heteroatoms. The van der Waals surface area contributed by atoms with Gasteiger partial charge in [0, 0.05) is 12.6 Å². The molecule has 0 bridgehead atoms. The van der Waals surface area contributed by atoms with Crippen molar-refractivity contribution in [3.05, 3.63) is 35.4 Å². The normalized spacial score (nSPS) is 12.4. The second kappa shape index (κ2) is 7.04. The summed E-state index contributed by atoms with van der Waals surface area (Å²) in [6.07, 6.45) is 0.723. The van der Waals surface area contributed by atoms with Crippen LogP contribution in [0, 0.1) is 6.92 Å². The molecule has 0 spiro atoms. The zero-order valence-corrected chi connectivity index (χ0v) is 10.0. The highest BCUT2D eigenvalue weighted by Gasteiger charge is 2.12. The first kappa shape index (κ1) is 13.7. The van der Waals surface area contributed by atoms with Gasteiger partial charge in [0.15, 0.2) is 0 Å². The van der Waals surface area contributed by atoms with Crippen molar-refractivity contribution in [2.75, 3.05) is 13.2 Å². The number of carbonyl (C=O) groups is 1. The Balaban J connectivity index is 2.57. The third kappa shape index (κ3) is 5.47. The molecule has 0 aliphatic heterocycles. The fourth-order valence-electron chi connectivity index (χ4n) is 1.70. The number of carboxylic acids is 1. The van der Waals surface area contributed by atoms with E-state index in [-0.39, 0.29) is 19.1 Å². The minimum Gasteiger partial charge on any atom is -0.481 e. The number of aliphatic hydroxyl groups is 1. The number of rotatable bonds is 7. The molecular weight excluding hydrogens is 218 g/mol. The van der Waals surface area contributed by atoms with Gasteiger partial charge in [0.25, 0.3) is 0 Å². The highest BCUT2D eigenvalue weighted by atomic mass is 16.4. The fraction of sp³-hybridized carbons (Fsp3) is 0.462. The van der Waals surface area contributed by atoms with Crippen molar-refractivity contribution in [2.24, 2.45) is 0 Å². The SMILES string of the molecule is Cc1ccc(CC(CC(=O)O)NCCO)cc1. The van der Waals surface area contributed by atoms with Crippen LogP contribution in [0.3, 0.4) is 0 Å². The maximum atomic E-state index is 10.7. The summed E-state index contributed by atoms with van der Waals surface area (Å²) >= 11 is 0. The smallest absolute Gasteiger partial charge is 0.304 e. The second-order valence-corrected chi connectivity index (χ2v) is 4.16. The van der Waals surface area contributed by atoms with Gasteiger partial charge in [-0.15, -0.1) is 0 Å². The van der Waals surface area contributed by atoms with Crippen LogP contribution in [0.2, 0.25) is 0 Å². The van der Waals surface area contributed by atoms with E-state index in [1.807, 2.05) is 31.2 Å². The average molecular weight is 237 g/mol. The van der Waals surface area contributed by atoms with E-state index in [0.717, 1.165) is 5.56 Å². The van der Waals surface area contributed by atoms with Crippen molar-refractivity contribution in [2.45, 2.75) is 25.8 Å². The molecular formula is C13H19NO3. The van der Waals surface area contributed by atoms with Crippen LogP contribution in [-0.2, 0) is 11.2 Å². The zero-order chi connectivity index (χ0) is 12.7. The molecule has 0 aromatic heterocycles. The molecule has 0 heterocycles. The van der Waals surface area contributed by atoms with E-state index in [4.69, 9.17) is 10.2 Å². The maximum absolute atomic E-state index is 10.7. The van der Waals surface area contributed by atoms with Crippen LogP contribution >= 0.6 is 0 Å². The van der Waals surface area contributed by atoms with Crippen LogP contribution in [0.15, 0.2) is 24.3 Å². The lowest BCUT2D eigenvalue weighted by molar-refractivity contribution is -0.137. The molecule has 4 nitrogen and oxygen atoms in total. The van der Waals surface area contributed by atoms with Gasteiger partial charge in [0.05, 0.1) is 13.0 Å². The Bertz CT molecular complexity index is 348. The maximum Gasteiger partial charge on any atom is 0.304 e. The van der Waals surface area contributed by atoms with Gasteiger partial charge in [0.1, 0.15) is 0 Å². The summed E-state index contributed by atoms with van der Waals surface area (Å²) in [5, 5.41) is 20.6. The molecule has 94 valence electrons. The second-order valence-electron chi connectivity index (χ2n) is 4.16. The van der Waals surface area contributed by atoms with Crippen LogP contribution in [-0.4, -0.2) is 35.4 Å². The molecule has 1 aromatic rings. The number of aliphatic carboxylic acids is 1. The van der Waals surface area contributed by atoms with E-state index >= 15 is 0 Å². The minimum atomic E-state index is -0.826. The lowest BCUT2D eigenvalue weighted by atomic mass is 10.0. The molecule has 1 unspecified atom stereocenters. The first-order valence-corrected chi connectivity index (χ1v) is 5.73. The minimum absolute atomic E-state index is 0.0179. The van der Waals surface area contributed by atoms with E-state index < -0.39 is 5.97 Å². The van der Waals surface area contributed by atoms with Crippen molar-refractivity contribution in [3.63, 3.8) is 0 Å².